The molecule has 1 aliphatic rings. The summed E-state index contributed by atoms with van der Waals surface area (Å²) < 4.78 is 5.55. The third kappa shape index (κ3) is 4.53. The van der Waals surface area contributed by atoms with E-state index in [1.807, 2.05) is 37.8 Å². The van der Waals surface area contributed by atoms with Crippen LogP contribution in [0.15, 0.2) is 24.4 Å². The van der Waals surface area contributed by atoms with E-state index < -0.39 is 5.60 Å². The fraction of sp³-hybridized carbons (Fsp3) is 0.526. The average Bonchev–Trinajstić information content (AvgIpc) is 2.58. The molecule has 1 aliphatic heterocycles. The molecular weight excluding hydrogens is 330 g/mol. The summed E-state index contributed by atoms with van der Waals surface area (Å²) in [6.45, 7) is 7.01. The number of anilines is 2. The molecule has 0 bridgehead atoms. The third-order valence-corrected chi connectivity index (χ3v) is 4.34. The number of rotatable bonds is 3. The van der Waals surface area contributed by atoms with Crippen molar-refractivity contribution in [3.63, 3.8) is 0 Å². The van der Waals surface area contributed by atoms with Gasteiger partial charge in [0.05, 0.1) is 23.3 Å². The summed E-state index contributed by atoms with van der Waals surface area (Å²) in [6.07, 6.45) is 4.51. The topological polar surface area (TPSA) is 93.4 Å². The lowest BCUT2D eigenvalue weighted by Gasteiger charge is -2.36. The van der Waals surface area contributed by atoms with Crippen LogP contribution in [-0.2, 0) is 4.74 Å². The second-order valence-corrected chi connectivity index (χ2v) is 7.71. The van der Waals surface area contributed by atoms with Gasteiger partial charge in [0.15, 0.2) is 0 Å². The summed E-state index contributed by atoms with van der Waals surface area (Å²) in [5, 5.41) is 3.31. The van der Waals surface area contributed by atoms with Gasteiger partial charge in [-0.15, -0.1) is 0 Å². The molecule has 0 unspecified atom stereocenters. The molecule has 26 heavy (non-hydrogen) atoms. The monoisotopic (exact) mass is 357 g/mol. The van der Waals surface area contributed by atoms with Crippen LogP contribution in [0.5, 0.6) is 0 Å². The van der Waals surface area contributed by atoms with Gasteiger partial charge in [0, 0.05) is 18.8 Å². The predicted octanol–water partition coefficient (Wildman–Crippen LogP) is 3.41. The van der Waals surface area contributed by atoms with Crippen LogP contribution in [0.1, 0.15) is 40.0 Å². The van der Waals surface area contributed by atoms with Crippen LogP contribution < -0.4 is 11.1 Å². The minimum atomic E-state index is -0.488. The quantitative estimate of drug-likeness (QED) is 0.818. The lowest BCUT2D eigenvalue weighted by molar-refractivity contribution is 0.0114. The Hall–Kier alpha value is -2.57. The van der Waals surface area contributed by atoms with Crippen LogP contribution in [0, 0.1) is 0 Å². The maximum absolute atomic E-state index is 12.5. The smallest absolute Gasteiger partial charge is 0.410 e. The van der Waals surface area contributed by atoms with Gasteiger partial charge < -0.3 is 20.7 Å². The Morgan fingerprint density at radius 3 is 2.92 bits per heavy atom. The normalized spacial score (nSPS) is 18.0. The van der Waals surface area contributed by atoms with Gasteiger partial charge in [-0.3, -0.25) is 4.98 Å². The Morgan fingerprint density at radius 1 is 1.35 bits per heavy atom. The van der Waals surface area contributed by atoms with Crippen molar-refractivity contribution in [3.8, 4) is 0 Å². The van der Waals surface area contributed by atoms with Crippen LogP contribution in [-0.4, -0.2) is 45.7 Å². The zero-order valence-electron chi connectivity index (χ0n) is 15.7. The summed E-state index contributed by atoms with van der Waals surface area (Å²) in [5.41, 5.74) is 7.51. The molecular formula is C19H27N5O2. The SMILES string of the molecule is CC(C)(C)OC(=O)N1CCCC[C@@H]1CNc1cnc2cc(N)ccc2n1. The first-order chi connectivity index (χ1) is 12.3. The Balaban J connectivity index is 1.66. The Kier molecular flexibility index (Phi) is 5.15. The third-order valence-electron chi connectivity index (χ3n) is 4.34. The van der Waals surface area contributed by atoms with E-state index in [2.05, 4.69) is 15.3 Å². The van der Waals surface area contributed by atoms with Gasteiger partial charge in [0.2, 0.25) is 0 Å². The number of nitrogen functional groups attached to an aromatic ring is 1. The van der Waals surface area contributed by atoms with Crippen LogP contribution in [0.3, 0.4) is 0 Å². The van der Waals surface area contributed by atoms with E-state index in [9.17, 15) is 4.79 Å². The number of nitrogens with one attached hydrogen (secondary N) is 1. The predicted molar refractivity (Wildman–Crippen MR) is 103 cm³/mol. The van der Waals surface area contributed by atoms with Gasteiger partial charge in [-0.1, -0.05) is 0 Å². The maximum atomic E-state index is 12.5. The number of nitrogens with zero attached hydrogens (tertiary/aromatic N) is 3. The highest BCUT2D eigenvalue weighted by Crippen LogP contribution is 2.21. The number of piperidine rings is 1. The molecule has 7 heteroatoms. The molecule has 140 valence electrons. The lowest BCUT2D eigenvalue weighted by atomic mass is 10.0. The number of carbonyl (C=O) groups excluding carboxylic acids is 1. The van der Waals surface area contributed by atoms with Gasteiger partial charge >= 0.3 is 6.09 Å². The molecule has 1 aromatic heterocycles. The summed E-state index contributed by atoms with van der Waals surface area (Å²) in [7, 11) is 0. The number of carbonyl (C=O) groups is 1. The molecule has 2 heterocycles. The maximum Gasteiger partial charge on any atom is 0.410 e. The molecule has 1 fully saturated rings. The van der Waals surface area contributed by atoms with Crippen molar-refractivity contribution < 1.29 is 9.53 Å². The zero-order valence-corrected chi connectivity index (χ0v) is 15.7. The second kappa shape index (κ2) is 7.35. The van der Waals surface area contributed by atoms with Crippen molar-refractivity contribution >= 4 is 28.6 Å². The molecule has 2 aromatic rings. The highest BCUT2D eigenvalue weighted by Gasteiger charge is 2.30. The fourth-order valence-electron chi connectivity index (χ4n) is 3.11. The molecule has 1 amide bonds. The summed E-state index contributed by atoms with van der Waals surface area (Å²) in [5.74, 6) is 0.692. The number of nitrogens with two attached hydrogens (primary N) is 1. The zero-order chi connectivity index (χ0) is 18.7. The van der Waals surface area contributed by atoms with E-state index in [-0.39, 0.29) is 12.1 Å². The Bertz CT molecular complexity index is 787. The van der Waals surface area contributed by atoms with Crippen LogP contribution in [0.4, 0.5) is 16.3 Å². The van der Waals surface area contributed by atoms with Crippen molar-refractivity contribution in [2.75, 3.05) is 24.1 Å². The van der Waals surface area contributed by atoms with Crippen LogP contribution in [0.2, 0.25) is 0 Å². The standard InChI is InChI=1S/C19H27N5O2/c1-19(2,3)26-18(25)24-9-5-4-6-14(24)11-22-17-12-21-16-10-13(20)7-8-15(16)23-17/h7-8,10,12,14H,4-6,9,11,20H2,1-3H3,(H,22,23)/t14-/m1/s1. The number of hydrogen-bond donors (Lipinski definition) is 2. The van der Waals surface area contributed by atoms with E-state index in [1.54, 1.807) is 12.3 Å². The summed E-state index contributed by atoms with van der Waals surface area (Å²) >= 11 is 0. The van der Waals surface area contributed by atoms with Crippen LogP contribution >= 0.6 is 0 Å². The second-order valence-electron chi connectivity index (χ2n) is 7.71. The van der Waals surface area contributed by atoms with Crippen molar-refractivity contribution in [1.82, 2.24) is 14.9 Å². The lowest BCUT2D eigenvalue weighted by Crippen LogP contribution is -2.48. The van der Waals surface area contributed by atoms with Gasteiger partial charge in [-0.2, -0.15) is 0 Å². The largest absolute Gasteiger partial charge is 0.444 e. The van der Waals surface area contributed by atoms with Crippen molar-refractivity contribution in [2.45, 2.75) is 51.7 Å². The molecule has 0 aliphatic carbocycles. The highest BCUT2D eigenvalue weighted by molar-refractivity contribution is 5.79. The minimum absolute atomic E-state index is 0.0857. The van der Waals surface area contributed by atoms with Crippen molar-refractivity contribution in [2.24, 2.45) is 0 Å². The van der Waals surface area contributed by atoms with Gasteiger partial charge in [0.25, 0.3) is 0 Å². The van der Waals surface area contributed by atoms with E-state index >= 15 is 0 Å². The molecule has 0 spiro atoms. The molecule has 0 saturated carbocycles. The van der Waals surface area contributed by atoms with Gasteiger partial charge in [-0.25, -0.2) is 9.78 Å². The molecule has 3 rings (SSSR count). The number of hydrogen-bond acceptors (Lipinski definition) is 6. The van der Waals surface area contributed by atoms with E-state index in [1.165, 1.54) is 0 Å². The molecule has 7 nitrogen and oxygen atoms in total. The average molecular weight is 357 g/mol. The number of aromatic nitrogens is 2. The molecule has 1 saturated heterocycles. The van der Waals surface area contributed by atoms with E-state index in [0.717, 1.165) is 36.8 Å². The number of benzene rings is 1. The van der Waals surface area contributed by atoms with E-state index in [0.29, 0.717) is 18.1 Å². The first-order valence-corrected chi connectivity index (χ1v) is 9.07. The molecule has 3 N–H and O–H groups in total. The van der Waals surface area contributed by atoms with Crippen LogP contribution in [0.25, 0.3) is 11.0 Å². The Morgan fingerprint density at radius 2 is 2.15 bits per heavy atom. The molecule has 1 aromatic carbocycles. The minimum Gasteiger partial charge on any atom is -0.444 e. The van der Waals surface area contributed by atoms with Gasteiger partial charge in [0.1, 0.15) is 11.4 Å². The van der Waals surface area contributed by atoms with Gasteiger partial charge in [-0.05, 0) is 58.2 Å². The molecule has 0 radical (unpaired) electrons. The number of fused-ring (bicyclic) bond motifs is 1. The number of ether oxygens (including phenoxy) is 1. The number of likely N-dealkylation sites (tertiary alicyclic amines) is 1. The van der Waals surface area contributed by atoms with Crippen molar-refractivity contribution in [1.29, 1.82) is 0 Å². The molecule has 1 atom stereocenters. The number of amides is 1. The van der Waals surface area contributed by atoms with E-state index in [4.69, 9.17) is 10.5 Å². The Labute approximate surface area is 153 Å². The fourth-order valence-corrected chi connectivity index (χ4v) is 3.11. The first-order valence-electron chi connectivity index (χ1n) is 9.07. The highest BCUT2D eigenvalue weighted by atomic mass is 16.6. The summed E-state index contributed by atoms with van der Waals surface area (Å²) in [4.78, 5) is 23.3. The summed E-state index contributed by atoms with van der Waals surface area (Å²) in [6, 6.07) is 5.56. The van der Waals surface area contributed by atoms with Crippen molar-refractivity contribution in [3.05, 3.63) is 24.4 Å². The first kappa shape index (κ1) is 18.2.